The van der Waals surface area contributed by atoms with Gasteiger partial charge in [-0.2, -0.15) is 0 Å². The van der Waals surface area contributed by atoms with E-state index in [0.717, 1.165) is 34.1 Å². The van der Waals surface area contributed by atoms with Crippen molar-refractivity contribution in [1.29, 1.82) is 0 Å². The van der Waals surface area contributed by atoms with Crippen LogP contribution in [-0.2, 0) is 17.8 Å². The predicted molar refractivity (Wildman–Crippen MR) is 110 cm³/mol. The topological polar surface area (TPSA) is 49.4 Å². The number of benzene rings is 3. The molecule has 4 heteroatoms. The van der Waals surface area contributed by atoms with Gasteiger partial charge in [-0.3, -0.25) is 0 Å². The van der Waals surface area contributed by atoms with Crippen molar-refractivity contribution in [3.8, 4) is 5.75 Å². The van der Waals surface area contributed by atoms with Crippen LogP contribution in [0.5, 0.6) is 5.75 Å². The second-order valence-corrected chi connectivity index (χ2v) is 6.27. The number of carboxylic acids is 1. The standard InChI is InChI=1S/C25H22O3.Na/c26-25(27)18-17-22-12-5-4-11-21(22)14-8-15-23-13-6-7-16-24(23)28-19-20-9-2-1-3-10-20;/h1-13,15-18H,14,19H2,(H,26,27);/q;+1/p-1/b15-8+,18-17+;. The summed E-state index contributed by atoms with van der Waals surface area (Å²) < 4.78 is 5.98. The van der Waals surface area contributed by atoms with Gasteiger partial charge < -0.3 is 14.6 Å². The fourth-order valence-corrected chi connectivity index (χ4v) is 2.84. The van der Waals surface area contributed by atoms with Gasteiger partial charge in [0.2, 0.25) is 0 Å². The smallest absolute Gasteiger partial charge is 0.545 e. The van der Waals surface area contributed by atoms with Crippen LogP contribution >= 0.6 is 0 Å². The Morgan fingerprint density at radius 2 is 1.48 bits per heavy atom. The zero-order valence-electron chi connectivity index (χ0n) is 16.5. The molecule has 3 rings (SSSR count). The molecule has 0 N–H and O–H groups in total. The zero-order valence-corrected chi connectivity index (χ0v) is 18.5. The maximum absolute atomic E-state index is 10.7. The number of para-hydroxylation sites is 1. The van der Waals surface area contributed by atoms with Crippen LogP contribution in [0.3, 0.4) is 0 Å². The number of carbonyl (C=O) groups excluding carboxylic acids is 1. The molecule has 3 aromatic carbocycles. The summed E-state index contributed by atoms with van der Waals surface area (Å²) >= 11 is 0. The largest absolute Gasteiger partial charge is 1.00 e. The first kappa shape index (κ1) is 22.7. The molecule has 0 aliphatic heterocycles. The number of ether oxygens (including phenoxy) is 1. The fraction of sp³-hybridized carbons (Fsp3) is 0.0800. The van der Waals surface area contributed by atoms with Crippen molar-refractivity contribution in [3.05, 3.63) is 113 Å². The predicted octanol–water partition coefficient (Wildman–Crippen LogP) is 1.29. The Morgan fingerprint density at radius 3 is 2.24 bits per heavy atom. The van der Waals surface area contributed by atoms with Crippen LogP contribution in [0.15, 0.2) is 91.0 Å². The van der Waals surface area contributed by atoms with E-state index < -0.39 is 5.97 Å². The summed E-state index contributed by atoms with van der Waals surface area (Å²) in [5.41, 5.74) is 4.03. The quantitative estimate of drug-likeness (QED) is 0.429. The van der Waals surface area contributed by atoms with Gasteiger partial charge in [0.15, 0.2) is 0 Å². The maximum atomic E-state index is 10.7. The molecular weight excluding hydrogens is 371 g/mol. The molecule has 0 saturated carbocycles. The van der Waals surface area contributed by atoms with Gasteiger partial charge in [0.05, 0.1) is 5.97 Å². The molecule has 0 fully saturated rings. The van der Waals surface area contributed by atoms with Crippen LogP contribution in [0.25, 0.3) is 12.2 Å². The number of allylic oxidation sites excluding steroid dienone is 1. The van der Waals surface area contributed by atoms with Gasteiger partial charge in [-0.25, -0.2) is 0 Å². The Kier molecular flexibility index (Phi) is 9.45. The second-order valence-electron chi connectivity index (χ2n) is 6.27. The van der Waals surface area contributed by atoms with Crippen LogP contribution in [0, 0.1) is 0 Å². The van der Waals surface area contributed by atoms with Crippen LogP contribution in [0.1, 0.15) is 22.3 Å². The molecule has 0 aliphatic rings. The number of aliphatic carboxylic acids is 1. The van der Waals surface area contributed by atoms with E-state index in [9.17, 15) is 9.90 Å². The van der Waals surface area contributed by atoms with E-state index in [0.29, 0.717) is 13.0 Å². The maximum Gasteiger partial charge on any atom is 1.00 e. The fourth-order valence-electron chi connectivity index (χ4n) is 2.84. The van der Waals surface area contributed by atoms with Gasteiger partial charge in [-0.1, -0.05) is 91.0 Å². The summed E-state index contributed by atoms with van der Waals surface area (Å²) in [7, 11) is 0. The molecule has 29 heavy (non-hydrogen) atoms. The monoisotopic (exact) mass is 392 g/mol. The van der Waals surface area contributed by atoms with Crippen molar-refractivity contribution in [1.82, 2.24) is 0 Å². The third kappa shape index (κ3) is 7.39. The van der Waals surface area contributed by atoms with Gasteiger partial charge in [0.1, 0.15) is 12.4 Å². The van der Waals surface area contributed by atoms with E-state index >= 15 is 0 Å². The van der Waals surface area contributed by atoms with E-state index in [1.165, 1.54) is 0 Å². The molecule has 0 bridgehead atoms. The number of hydrogen-bond acceptors (Lipinski definition) is 3. The van der Waals surface area contributed by atoms with E-state index in [-0.39, 0.29) is 29.6 Å². The molecule has 0 aliphatic carbocycles. The molecular formula is C25H21NaO3. The summed E-state index contributed by atoms with van der Waals surface area (Å²) in [6, 6.07) is 25.7. The molecule has 3 nitrogen and oxygen atoms in total. The normalized spacial score (nSPS) is 10.8. The third-order valence-corrected chi connectivity index (χ3v) is 4.25. The first-order valence-corrected chi connectivity index (χ1v) is 9.11. The molecule has 3 aromatic rings. The second kappa shape index (κ2) is 12.1. The molecule has 0 aromatic heterocycles. The molecule has 0 spiro atoms. The molecule has 140 valence electrons. The summed E-state index contributed by atoms with van der Waals surface area (Å²) in [4.78, 5) is 10.7. The van der Waals surface area contributed by atoms with Crippen molar-refractivity contribution in [2.75, 3.05) is 0 Å². The van der Waals surface area contributed by atoms with Crippen molar-refractivity contribution in [2.45, 2.75) is 13.0 Å². The summed E-state index contributed by atoms with van der Waals surface area (Å²) in [5, 5.41) is 10.7. The average molecular weight is 392 g/mol. The number of carbonyl (C=O) groups is 1. The number of carboxylic acid groups (broad SMARTS) is 1. The van der Waals surface area contributed by atoms with Crippen molar-refractivity contribution >= 4 is 18.1 Å². The summed E-state index contributed by atoms with van der Waals surface area (Å²) in [6.45, 7) is 0.516. The minimum absolute atomic E-state index is 0. The summed E-state index contributed by atoms with van der Waals surface area (Å²) in [5.74, 6) is -0.373. The van der Waals surface area contributed by atoms with Gasteiger partial charge in [0.25, 0.3) is 0 Å². The van der Waals surface area contributed by atoms with Crippen LogP contribution in [-0.4, -0.2) is 5.97 Å². The number of hydrogen-bond donors (Lipinski definition) is 0. The Bertz CT molecular complexity index is 978. The molecule has 0 unspecified atom stereocenters. The summed E-state index contributed by atoms with van der Waals surface area (Å²) in [6.07, 6.45) is 7.38. The van der Waals surface area contributed by atoms with Gasteiger partial charge in [0, 0.05) is 5.56 Å². The van der Waals surface area contributed by atoms with E-state index in [2.05, 4.69) is 6.08 Å². The third-order valence-electron chi connectivity index (χ3n) is 4.25. The van der Waals surface area contributed by atoms with Crippen LogP contribution in [0.4, 0.5) is 0 Å². The molecule has 0 radical (unpaired) electrons. The van der Waals surface area contributed by atoms with Crippen LogP contribution < -0.4 is 39.4 Å². The van der Waals surface area contributed by atoms with Crippen molar-refractivity contribution < 1.29 is 44.2 Å². The molecule has 0 saturated heterocycles. The Balaban J connectivity index is 0.00000300. The van der Waals surface area contributed by atoms with Gasteiger partial charge >= 0.3 is 29.6 Å². The first-order valence-electron chi connectivity index (χ1n) is 9.11. The first-order chi connectivity index (χ1) is 13.7. The van der Waals surface area contributed by atoms with E-state index in [1.807, 2.05) is 84.9 Å². The van der Waals surface area contributed by atoms with E-state index in [4.69, 9.17) is 4.74 Å². The minimum Gasteiger partial charge on any atom is -0.545 e. The molecule has 0 heterocycles. The Hall–Kier alpha value is -2.59. The molecule has 0 amide bonds. The van der Waals surface area contributed by atoms with Gasteiger partial charge in [-0.05, 0) is 35.3 Å². The molecule has 0 atom stereocenters. The van der Waals surface area contributed by atoms with Crippen molar-refractivity contribution in [3.63, 3.8) is 0 Å². The van der Waals surface area contributed by atoms with Crippen molar-refractivity contribution in [2.24, 2.45) is 0 Å². The SMILES string of the molecule is O=C([O-])/C=C/c1ccccc1C/C=C/c1ccccc1OCc1ccccc1.[Na+]. The zero-order chi connectivity index (χ0) is 19.6. The Morgan fingerprint density at radius 1 is 0.828 bits per heavy atom. The minimum atomic E-state index is -1.20. The number of rotatable bonds is 8. The van der Waals surface area contributed by atoms with E-state index in [1.54, 1.807) is 6.08 Å². The van der Waals surface area contributed by atoms with Crippen LogP contribution in [0.2, 0.25) is 0 Å². The average Bonchev–Trinajstić information content (AvgIpc) is 2.73. The van der Waals surface area contributed by atoms with Gasteiger partial charge in [-0.15, -0.1) is 0 Å². The Labute approximate surface area is 193 Å².